The summed E-state index contributed by atoms with van der Waals surface area (Å²) in [6.45, 7) is 0.770. The maximum absolute atomic E-state index is 12.0. The number of carbonyl (C=O) groups excluding carboxylic acids is 1. The number of likely N-dealkylation sites (tertiary alicyclic amines) is 1. The Morgan fingerprint density at radius 1 is 1.40 bits per heavy atom. The Morgan fingerprint density at radius 3 is 2.50 bits per heavy atom. The van der Waals surface area contributed by atoms with Crippen molar-refractivity contribution < 1.29 is 15.0 Å². The minimum absolute atomic E-state index is 0. The number of amides is 1. The Kier molecular flexibility index (Phi) is 8.00. The number of hydrogen-bond donors (Lipinski definition) is 3. The van der Waals surface area contributed by atoms with E-state index in [-0.39, 0.29) is 37.3 Å². The first-order valence-electron chi connectivity index (χ1n) is 5.90. The minimum atomic E-state index is -1.06. The van der Waals surface area contributed by atoms with Gasteiger partial charge in [-0.15, -0.1) is 24.8 Å². The summed E-state index contributed by atoms with van der Waals surface area (Å²) in [6.07, 6.45) is 2.09. The van der Waals surface area contributed by atoms with Crippen molar-refractivity contribution in [2.75, 3.05) is 13.1 Å². The molecule has 8 heteroatoms. The lowest BCUT2D eigenvalue weighted by Crippen LogP contribution is -2.46. The Labute approximate surface area is 129 Å². The first kappa shape index (κ1) is 19.1. The number of aromatic nitrogens is 1. The number of nitrogens with zero attached hydrogens (tertiary/aromatic N) is 2. The number of rotatable bonds is 3. The SMILES string of the molecule is Cl.Cl.N[C@@H](C(=O)N1CC[C@@H](O)C1)[C@@H](O)c1ccncc1. The van der Waals surface area contributed by atoms with Crippen molar-refractivity contribution in [1.82, 2.24) is 9.88 Å². The number of aliphatic hydroxyl groups is 2. The van der Waals surface area contributed by atoms with Crippen LogP contribution in [0.3, 0.4) is 0 Å². The summed E-state index contributed by atoms with van der Waals surface area (Å²) in [7, 11) is 0. The average Bonchev–Trinajstić information content (AvgIpc) is 2.84. The predicted octanol–water partition coefficient (Wildman–Crippen LogP) is -0.121. The van der Waals surface area contributed by atoms with E-state index in [0.717, 1.165) is 0 Å². The molecule has 3 atom stereocenters. The van der Waals surface area contributed by atoms with Gasteiger partial charge in [-0.1, -0.05) is 0 Å². The van der Waals surface area contributed by atoms with Crippen LogP contribution in [-0.2, 0) is 4.79 Å². The molecule has 0 spiro atoms. The summed E-state index contributed by atoms with van der Waals surface area (Å²) in [4.78, 5) is 17.3. The molecule has 1 amide bonds. The quantitative estimate of drug-likeness (QED) is 0.720. The van der Waals surface area contributed by atoms with E-state index in [1.54, 1.807) is 12.1 Å². The number of β-amino-alcohol motifs (C(OH)–C–C–N with tert-alkyl or cyclic N) is 1. The molecule has 0 saturated carbocycles. The van der Waals surface area contributed by atoms with Gasteiger partial charge in [0.05, 0.1) is 6.10 Å². The first-order chi connectivity index (χ1) is 8.59. The van der Waals surface area contributed by atoms with E-state index < -0.39 is 18.2 Å². The second-order valence-corrected chi connectivity index (χ2v) is 4.48. The lowest BCUT2D eigenvalue weighted by molar-refractivity contribution is -0.134. The highest BCUT2D eigenvalue weighted by molar-refractivity contribution is 5.85. The van der Waals surface area contributed by atoms with Crippen LogP contribution in [0.5, 0.6) is 0 Å². The lowest BCUT2D eigenvalue weighted by Gasteiger charge is -2.24. The van der Waals surface area contributed by atoms with Crippen molar-refractivity contribution in [3.05, 3.63) is 30.1 Å². The van der Waals surface area contributed by atoms with Crippen LogP contribution >= 0.6 is 24.8 Å². The van der Waals surface area contributed by atoms with Crippen LogP contribution < -0.4 is 5.73 Å². The summed E-state index contributed by atoms with van der Waals surface area (Å²) in [6, 6.07) is 2.23. The maximum atomic E-state index is 12.0. The predicted molar refractivity (Wildman–Crippen MR) is 78.9 cm³/mol. The Balaban J connectivity index is 0.00000180. The van der Waals surface area contributed by atoms with Gasteiger partial charge in [-0.25, -0.2) is 0 Å². The van der Waals surface area contributed by atoms with Gasteiger partial charge in [0.15, 0.2) is 0 Å². The number of nitrogens with two attached hydrogens (primary N) is 1. The van der Waals surface area contributed by atoms with Crippen molar-refractivity contribution in [3.63, 3.8) is 0 Å². The fraction of sp³-hybridized carbons (Fsp3) is 0.500. The third-order valence-corrected chi connectivity index (χ3v) is 3.15. The Hall–Kier alpha value is -0.920. The number of pyridine rings is 1. The van der Waals surface area contributed by atoms with Crippen molar-refractivity contribution in [2.24, 2.45) is 5.73 Å². The van der Waals surface area contributed by atoms with Crippen molar-refractivity contribution in [1.29, 1.82) is 0 Å². The van der Waals surface area contributed by atoms with E-state index in [9.17, 15) is 15.0 Å². The Bertz CT molecular complexity index is 422. The molecule has 6 nitrogen and oxygen atoms in total. The number of hydrogen-bond acceptors (Lipinski definition) is 5. The molecule has 2 heterocycles. The van der Waals surface area contributed by atoms with E-state index in [1.165, 1.54) is 17.3 Å². The third-order valence-electron chi connectivity index (χ3n) is 3.15. The van der Waals surface area contributed by atoms with Gasteiger partial charge in [0.25, 0.3) is 0 Å². The first-order valence-corrected chi connectivity index (χ1v) is 5.90. The van der Waals surface area contributed by atoms with Crippen molar-refractivity contribution in [3.8, 4) is 0 Å². The lowest BCUT2D eigenvalue weighted by atomic mass is 10.0. The van der Waals surface area contributed by atoms with Crippen LogP contribution in [-0.4, -0.2) is 51.2 Å². The molecule has 0 unspecified atom stereocenters. The monoisotopic (exact) mass is 323 g/mol. The average molecular weight is 324 g/mol. The summed E-state index contributed by atoms with van der Waals surface area (Å²) in [5.41, 5.74) is 6.34. The molecule has 2 rings (SSSR count). The zero-order chi connectivity index (χ0) is 13.1. The normalized spacial score (nSPS) is 20.6. The van der Waals surface area contributed by atoms with E-state index in [1.807, 2.05) is 0 Å². The molecule has 20 heavy (non-hydrogen) atoms. The smallest absolute Gasteiger partial charge is 0.242 e. The van der Waals surface area contributed by atoms with E-state index in [4.69, 9.17) is 5.73 Å². The van der Waals surface area contributed by atoms with Gasteiger partial charge in [0, 0.05) is 25.5 Å². The fourth-order valence-corrected chi connectivity index (χ4v) is 2.06. The second-order valence-electron chi connectivity index (χ2n) is 4.48. The molecular weight excluding hydrogens is 305 g/mol. The zero-order valence-corrected chi connectivity index (χ0v) is 12.4. The maximum Gasteiger partial charge on any atom is 0.242 e. The molecule has 0 radical (unpaired) electrons. The molecule has 1 aliphatic rings. The summed E-state index contributed by atoms with van der Waals surface area (Å²) in [5.74, 6) is -0.337. The third kappa shape index (κ3) is 4.29. The van der Waals surface area contributed by atoms with Gasteiger partial charge >= 0.3 is 0 Å². The van der Waals surface area contributed by atoms with Gasteiger partial charge in [-0.3, -0.25) is 9.78 Å². The molecule has 4 N–H and O–H groups in total. The van der Waals surface area contributed by atoms with Crippen LogP contribution in [0.4, 0.5) is 0 Å². The second kappa shape index (κ2) is 8.39. The van der Waals surface area contributed by atoms with Crippen LogP contribution in [0.1, 0.15) is 18.1 Å². The highest BCUT2D eigenvalue weighted by atomic mass is 35.5. The molecule has 0 bridgehead atoms. The van der Waals surface area contributed by atoms with E-state index in [0.29, 0.717) is 18.5 Å². The highest BCUT2D eigenvalue weighted by Crippen LogP contribution is 2.18. The molecule has 0 aliphatic carbocycles. The van der Waals surface area contributed by atoms with Gasteiger partial charge in [0.1, 0.15) is 12.1 Å². The van der Waals surface area contributed by atoms with E-state index in [2.05, 4.69) is 4.98 Å². The standard InChI is InChI=1S/C12H17N3O3.2ClH/c13-10(11(17)8-1-4-14-5-2-8)12(18)15-6-3-9(16)7-15;;/h1-2,4-5,9-11,16-17H,3,6-7,13H2;2*1H/t9-,10-,11+;;/m1../s1. The largest absolute Gasteiger partial charge is 0.391 e. The van der Waals surface area contributed by atoms with Gasteiger partial charge < -0.3 is 20.8 Å². The fourth-order valence-electron chi connectivity index (χ4n) is 2.06. The zero-order valence-electron chi connectivity index (χ0n) is 10.8. The van der Waals surface area contributed by atoms with Crippen LogP contribution in [0.25, 0.3) is 0 Å². The van der Waals surface area contributed by atoms with Crippen LogP contribution in [0, 0.1) is 0 Å². The van der Waals surface area contributed by atoms with Crippen LogP contribution in [0.2, 0.25) is 0 Å². The Morgan fingerprint density at radius 2 is 2.00 bits per heavy atom. The summed E-state index contributed by atoms with van der Waals surface area (Å²) < 4.78 is 0. The highest BCUT2D eigenvalue weighted by Gasteiger charge is 2.32. The summed E-state index contributed by atoms with van der Waals surface area (Å²) >= 11 is 0. The summed E-state index contributed by atoms with van der Waals surface area (Å²) in [5, 5.41) is 19.4. The molecule has 1 aliphatic heterocycles. The molecular formula is C12H19Cl2N3O3. The van der Waals surface area contributed by atoms with Gasteiger partial charge in [-0.05, 0) is 24.1 Å². The molecule has 1 saturated heterocycles. The molecule has 0 aromatic carbocycles. The van der Waals surface area contributed by atoms with Gasteiger partial charge in [-0.2, -0.15) is 0 Å². The number of carbonyl (C=O) groups is 1. The molecule has 1 aromatic heterocycles. The molecule has 1 aromatic rings. The molecule has 114 valence electrons. The van der Waals surface area contributed by atoms with Gasteiger partial charge in [0.2, 0.25) is 5.91 Å². The van der Waals surface area contributed by atoms with Crippen LogP contribution in [0.15, 0.2) is 24.5 Å². The topological polar surface area (TPSA) is 99.7 Å². The number of halogens is 2. The minimum Gasteiger partial charge on any atom is -0.391 e. The van der Waals surface area contributed by atoms with E-state index >= 15 is 0 Å². The van der Waals surface area contributed by atoms with Crippen molar-refractivity contribution >= 4 is 30.7 Å². The molecule has 1 fully saturated rings. The van der Waals surface area contributed by atoms with Crippen molar-refractivity contribution in [2.45, 2.75) is 24.7 Å². The number of aliphatic hydroxyl groups excluding tert-OH is 2.